The van der Waals surface area contributed by atoms with Crippen molar-refractivity contribution in [1.82, 2.24) is 9.80 Å². The number of halogens is 3. The molecule has 0 spiro atoms. The van der Waals surface area contributed by atoms with Crippen molar-refractivity contribution in [3.63, 3.8) is 0 Å². The highest BCUT2D eigenvalue weighted by atomic mass is 19.4. The number of para-hydroxylation sites is 1. The average molecular weight is 420 g/mol. The van der Waals surface area contributed by atoms with E-state index in [2.05, 4.69) is 10.2 Å². The lowest BCUT2D eigenvalue weighted by Crippen LogP contribution is -2.48. The minimum Gasteiger partial charge on any atom is -0.366 e. The van der Waals surface area contributed by atoms with Crippen molar-refractivity contribution in [3.8, 4) is 0 Å². The molecule has 6 nitrogen and oxygen atoms in total. The summed E-state index contributed by atoms with van der Waals surface area (Å²) in [5.41, 5.74) is 6.13. The maximum Gasteiger partial charge on any atom is 0.416 e. The molecule has 0 unspecified atom stereocenters. The first kappa shape index (κ1) is 21.8. The van der Waals surface area contributed by atoms with E-state index in [0.29, 0.717) is 38.4 Å². The second-order valence-electron chi connectivity index (χ2n) is 7.20. The molecule has 0 atom stereocenters. The van der Waals surface area contributed by atoms with E-state index in [0.717, 1.165) is 17.7 Å². The summed E-state index contributed by atoms with van der Waals surface area (Å²) in [4.78, 5) is 27.9. The zero-order valence-corrected chi connectivity index (χ0v) is 16.3. The number of hydrogen-bond acceptors (Lipinski definition) is 4. The van der Waals surface area contributed by atoms with E-state index in [-0.39, 0.29) is 18.0 Å². The van der Waals surface area contributed by atoms with Crippen LogP contribution in [0.15, 0.2) is 48.5 Å². The van der Waals surface area contributed by atoms with E-state index in [1.807, 2.05) is 4.90 Å². The Morgan fingerprint density at radius 2 is 1.53 bits per heavy atom. The van der Waals surface area contributed by atoms with Crippen LogP contribution in [0.25, 0.3) is 0 Å². The van der Waals surface area contributed by atoms with Crippen LogP contribution in [-0.4, -0.2) is 54.3 Å². The zero-order valence-electron chi connectivity index (χ0n) is 16.3. The van der Waals surface area contributed by atoms with Crippen molar-refractivity contribution >= 4 is 17.5 Å². The number of nitrogens with zero attached hydrogens (tertiary/aromatic N) is 2. The number of hydrogen-bond donors (Lipinski definition) is 2. The molecule has 3 rings (SSSR count). The number of carbonyl (C=O) groups is 2. The van der Waals surface area contributed by atoms with Gasteiger partial charge in [0.15, 0.2) is 0 Å². The molecule has 2 aromatic rings. The fourth-order valence-corrected chi connectivity index (χ4v) is 3.36. The summed E-state index contributed by atoms with van der Waals surface area (Å²) in [6.07, 6.45) is -4.33. The van der Waals surface area contributed by atoms with Crippen molar-refractivity contribution < 1.29 is 22.8 Å². The Morgan fingerprint density at radius 1 is 0.933 bits per heavy atom. The van der Waals surface area contributed by atoms with E-state index in [4.69, 9.17) is 5.73 Å². The molecule has 0 saturated carbocycles. The number of rotatable bonds is 6. The number of alkyl halides is 3. The van der Waals surface area contributed by atoms with Crippen molar-refractivity contribution in [2.24, 2.45) is 5.73 Å². The molecule has 2 aromatic carbocycles. The van der Waals surface area contributed by atoms with Crippen LogP contribution in [0.3, 0.4) is 0 Å². The van der Waals surface area contributed by atoms with Crippen molar-refractivity contribution in [3.05, 3.63) is 65.2 Å². The van der Waals surface area contributed by atoms with Gasteiger partial charge in [-0.1, -0.05) is 24.3 Å². The molecule has 1 aliphatic rings. The number of carbonyl (C=O) groups excluding carboxylic acids is 2. The predicted octanol–water partition coefficient (Wildman–Crippen LogP) is 2.56. The first-order valence-electron chi connectivity index (χ1n) is 9.52. The van der Waals surface area contributed by atoms with Gasteiger partial charge in [-0.3, -0.25) is 19.4 Å². The molecule has 1 aliphatic heterocycles. The minimum absolute atomic E-state index is 0.182. The zero-order chi connectivity index (χ0) is 21.7. The first-order chi connectivity index (χ1) is 14.2. The summed E-state index contributed by atoms with van der Waals surface area (Å²) in [5, 5.41) is 2.72. The molecule has 1 heterocycles. The van der Waals surface area contributed by atoms with Crippen LogP contribution >= 0.6 is 0 Å². The predicted molar refractivity (Wildman–Crippen MR) is 107 cm³/mol. The fourth-order valence-electron chi connectivity index (χ4n) is 3.36. The summed E-state index contributed by atoms with van der Waals surface area (Å²) in [6.45, 7) is 3.46. The molecule has 3 N–H and O–H groups in total. The topological polar surface area (TPSA) is 78.7 Å². The molecule has 30 heavy (non-hydrogen) atoms. The Balaban J connectivity index is 1.46. The number of benzene rings is 2. The van der Waals surface area contributed by atoms with Gasteiger partial charge in [0.05, 0.1) is 23.4 Å². The van der Waals surface area contributed by atoms with Crippen LogP contribution in [0.2, 0.25) is 0 Å². The van der Waals surface area contributed by atoms with Gasteiger partial charge in [-0.25, -0.2) is 0 Å². The van der Waals surface area contributed by atoms with E-state index in [1.54, 1.807) is 24.3 Å². The molecule has 1 fully saturated rings. The van der Waals surface area contributed by atoms with Gasteiger partial charge in [0.25, 0.3) is 5.91 Å². The lowest BCUT2D eigenvalue weighted by Gasteiger charge is -2.34. The Morgan fingerprint density at radius 3 is 2.13 bits per heavy atom. The molecule has 0 radical (unpaired) electrons. The van der Waals surface area contributed by atoms with Crippen LogP contribution in [0.1, 0.15) is 21.5 Å². The highest BCUT2D eigenvalue weighted by molar-refractivity contribution is 6.03. The molecule has 160 valence electrons. The van der Waals surface area contributed by atoms with Crippen LogP contribution in [0.5, 0.6) is 0 Å². The molecule has 0 aliphatic carbocycles. The number of amides is 2. The van der Waals surface area contributed by atoms with Crippen LogP contribution in [0.4, 0.5) is 18.9 Å². The van der Waals surface area contributed by atoms with Gasteiger partial charge in [-0.15, -0.1) is 0 Å². The quantitative estimate of drug-likeness (QED) is 0.753. The molecular weight excluding hydrogens is 397 g/mol. The summed E-state index contributed by atoms with van der Waals surface area (Å²) in [6, 6.07) is 11.8. The summed E-state index contributed by atoms with van der Waals surface area (Å²) in [7, 11) is 0. The fraction of sp³-hybridized carbons (Fsp3) is 0.333. The third-order valence-corrected chi connectivity index (χ3v) is 4.99. The third-order valence-electron chi connectivity index (χ3n) is 4.99. The second-order valence-corrected chi connectivity index (χ2v) is 7.20. The van der Waals surface area contributed by atoms with E-state index in [9.17, 15) is 22.8 Å². The van der Waals surface area contributed by atoms with Gasteiger partial charge in [0.1, 0.15) is 0 Å². The molecule has 9 heteroatoms. The second kappa shape index (κ2) is 9.27. The molecule has 0 aromatic heterocycles. The Bertz CT molecular complexity index is 892. The number of anilines is 1. The summed E-state index contributed by atoms with van der Waals surface area (Å²) in [5.74, 6) is -0.845. The summed E-state index contributed by atoms with van der Waals surface area (Å²) >= 11 is 0. The van der Waals surface area contributed by atoms with E-state index >= 15 is 0 Å². The largest absolute Gasteiger partial charge is 0.416 e. The van der Waals surface area contributed by atoms with Crippen LogP contribution in [-0.2, 0) is 17.5 Å². The van der Waals surface area contributed by atoms with Crippen LogP contribution < -0.4 is 11.1 Å². The van der Waals surface area contributed by atoms with Crippen LogP contribution in [0, 0.1) is 0 Å². The first-order valence-corrected chi connectivity index (χ1v) is 9.52. The lowest BCUT2D eigenvalue weighted by atomic mass is 10.1. The van der Waals surface area contributed by atoms with Crippen molar-refractivity contribution in [2.45, 2.75) is 12.7 Å². The smallest absolute Gasteiger partial charge is 0.366 e. The maximum atomic E-state index is 12.7. The van der Waals surface area contributed by atoms with Gasteiger partial charge < -0.3 is 11.1 Å². The van der Waals surface area contributed by atoms with E-state index < -0.39 is 17.6 Å². The standard InChI is InChI=1S/C21H23F3N4O2/c22-21(23,24)16-7-5-15(6-8-16)13-27-9-11-28(12-10-27)14-19(29)26-18-4-2-1-3-17(18)20(25)30/h1-8H,9-14H2,(H2,25,30)(H,26,29). The highest BCUT2D eigenvalue weighted by Crippen LogP contribution is 2.29. The monoisotopic (exact) mass is 420 g/mol. The van der Waals surface area contributed by atoms with Crippen molar-refractivity contribution in [2.75, 3.05) is 38.0 Å². The minimum atomic E-state index is -4.33. The van der Waals surface area contributed by atoms with Gasteiger partial charge in [-0.05, 0) is 29.8 Å². The average Bonchev–Trinajstić information content (AvgIpc) is 2.69. The Kier molecular flexibility index (Phi) is 6.73. The molecule has 2 amide bonds. The SMILES string of the molecule is NC(=O)c1ccccc1NC(=O)CN1CCN(Cc2ccc(C(F)(F)F)cc2)CC1. The van der Waals surface area contributed by atoms with Gasteiger partial charge in [0.2, 0.25) is 5.91 Å². The number of nitrogens with one attached hydrogen (secondary N) is 1. The Labute approximate surface area is 172 Å². The number of piperazine rings is 1. The maximum absolute atomic E-state index is 12.7. The molecule has 0 bridgehead atoms. The normalized spacial score (nSPS) is 15.7. The third kappa shape index (κ3) is 5.80. The Hall–Kier alpha value is -2.91. The number of primary amides is 1. The van der Waals surface area contributed by atoms with E-state index in [1.165, 1.54) is 12.1 Å². The van der Waals surface area contributed by atoms with Gasteiger partial charge in [-0.2, -0.15) is 13.2 Å². The number of nitrogens with two attached hydrogens (primary N) is 1. The molecule has 1 saturated heterocycles. The van der Waals surface area contributed by atoms with Gasteiger partial charge >= 0.3 is 6.18 Å². The van der Waals surface area contributed by atoms with Gasteiger partial charge in [0, 0.05) is 32.7 Å². The van der Waals surface area contributed by atoms with Crippen molar-refractivity contribution in [1.29, 1.82) is 0 Å². The lowest BCUT2D eigenvalue weighted by molar-refractivity contribution is -0.137. The highest BCUT2D eigenvalue weighted by Gasteiger charge is 2.30. The summed E-state index contributed by atoms with van der Waals surface area (Å²) < 4.78 is 38.0. The molecular formula is C21H23F3N4O2.